The Balaban J connectivity index is 1.96. The fraction of sp³-hybridized carbons (Fsp3) is 0.133. The van der Waals surface area contributed by atoms with E-state index in [-0.39, 0.29) is 12.1 Å². The molecular formula is C15H12FN3O3S. The number of nitrogens with zero attached hydrogens (tertiary/aromatic N) is 2. The van der Waals surface area contributed by atoms with E-state index >= 15 is 0 Å². The van der Waals surface area contributed by atoms with Gasteiger partial charge in [0, 0.05) is 12.7 Å². The molecule has 118 valence electrons. The van der Waals surface area contributed by atoms with Gasteiger partial charge in [-0.05, 0) is 29.6 Å². The first-order chi connectivity index (χ1) is 11.0. The number of halogens is 1. The van der Waals surface area contributed by atoms with Gasteiger partial charge >= 0.3 is 5.69 Å². The van der Waals surface area contributed by atoms with Crippen molar-refractivity contribution in [3.8, 4) is 0 Å². The first-order valence-corrected chi connectivity index (χ1v) is 7.58. The summed E-state index contributed by atoms with van der Waals surface area (Å²) < 4.78 is 15.7. The average molecular weight is 333 g/mol. The molecule has 0 unspecified atom stereocenters. The average Bonchev–Trinajstić information content (AvgIpc) is 2.99. The number of carbonyl (C=O) groups is 1. The van der Waals surface area contributed by atoms with Crippen molar-refractivity contribution in [3.05, 3.63) is 62.4 Å². The summed E-state index contributed by atoms with van der Waals surface area (Å²) in [5, 5.41) is 4.21. The largest absolute Gasteiger partial charge is 0.331 e. The Morgan fingerprint density at radius 2 is 2.09 bits per heavy atom. The zero-order valence-corrected chi connectivity index (χ0v) is 12.9. The Labute approximate surface area is 133 Å². The van der Waals surface area contributed by atoms with Crippen LogP contribution in [-0.4, -0.2) is 15.0 Å². The van der Waals surface area contributed by atoms with E-state index in [1.165, 1.54) is 41.2 Å². The summed E-state index contributed by atoms with van der Waals surface area (Å²) in [6.07, 6.45) is 0. The summed E-state index contributed by atoms with van der Waals surface area (Å²) in [6.45, 7) is -0.267. The van der Waals surface area contributed by atoms with Crippen molar-refractivity contribution in [1.29, 1.82) is 0 Å². The minimum Gasteiger partial charge on any atom is -0.324 e. The van der Waals surface area contributed by atoms with E-state index in [1.807, 2.05) is 0 Å². The molecule has 1 aromatic carbocycles. The number of rotatable bonds is 3. The van der Waals surface area contributed by atoms with E-state index in [0.717, 1.165) is 4.57 Å². The Morgan fingerprint density at radius 1 is 1.30 bits per heavy atom. The molecule has 3 aromatic rings. The van der Waals surface area contributed by atoms with Crippen LogP contribution in [-0.2, 0) is 18.4 Å². The molecule has 2 aromatic heterocycles. The van der Waals surface area contributed by atoms with Crippen molar-refractivity contribution >= 4 is 33.1 Å². The molecule has 2 heterocycles. The molecule has 6 nitrogen and oxygen atoms in total. The monoisotopic (exact) mass is 333 g/mol. The normalized spacial score (nSPS) is 10.9. The fourth-order valence-electron chi connectivity index (χ4n) is 2.26. The van der Waals surface area contributed by atoms with Crippen LogP contribution in [0, 0.1) is 5.82 Å². The van der Waals surface area contributed by atoms with Gasteiger partial charge in [-0.1, -0.05) is 6.07 Å². The molecule has 1 N–H and O–H groups in total. The van der Waals surface area contributed by atoms with Crippen LogP contribution in [0.25, 0.3) is 10.2 Å². The van der Waals surface area contributed by atoms with Gasteiger partial charge in [0.15, 0.2) is 0 Å². The molecule has 0 atom stereocenters. The van der Waals surface area contributed by atoms with Crippen LogP contribution in [0.3, 0.4) is 0 Å². The van der Waals surface area contributed by atoms with Gasteiger partial charge in [-0.25, -0.2) is 9.18 Å². The maximum Gasteiger partial charge on any atom is 0.331 e. The minimum absolute atomic E-state index is 0.267. The van der Waals surface area contributed by atoms with Crippen molar-refractivity contribution in [1.82, 2.24) is 9.13 Å². The van der Waals surface area contributed by atoms with Crippen LogP contribution in [0.5, 0.6) is 0 Å². The van der Waals surface area contributed by atoms with Crippen molar-refractivity contribution in [2.24, 2.45) is 7.05 Å². The molecule has 0 saturated carbocycles. The first kappa shape index (κ1) is 15.2. The number of anilines is 1. The summed E-state index contributed by atoms with van der Waals surface area (Å²) in [5.74, 6) is -0.953. The number of hydrogen-bond donors (Lipinski definition) is 1. The number of fused-ring (bicyclic) bond motifs is 1. The maximum atomic E-state index is 13.1. The van der Waals surface area contributed by atoms with Gasteiger partial charge in [0.25, 0.3) is 5.56 Å². The highest BCUT2D eigenvalue weighted by molar-refractivity contribution is 7.17. The lowest BCUT2D eigenvalue weighted by molar-refractivity contribution is -0.116. The molecule has 0 spiro atoms. The van der Waals surface area contributed by atoms with E-state index in [2.05, 4.69) is 5.32 Å². The number of hydrogen-bond acceptors (Lipinski definition) is 4. The van der Waals surface area contributed by atoms with Crippen LogP contribution >= 0.6 is 11.3 Å². The molecule has 0 saturated heterocycles. The van der Waals surface area contributed by atoms with Crippen LogP contribution in [0.15, 0.2) is 45.3 Å². The number of thiophene rings is 1. The second kappa shape index (κ2) is 5.81. The van der Waals surface area contributed by atoms with Crippen molar-refractivity contribution < 1.29 is 9.18 Å². The smallest absolute Gasteiger partial charge is 0.324 e. The first-order valence-electron chi connectivity index (χ1n) is 6.70. The van der Waals surface area contributed by atoms with Crippen molar-refractivity contribution in [2.75, 3.05) is 5.32 Å². The summed E-state index contributed by atoms with van der Waals surface area (Å²) in [7, 11) is 1.37. The molecule has 0 radical (unpaired) electrons. The molecule has 0 bridgehead atoms. The second-order valence-corrected chi connectivity index (χ2v) is 5.84. The number of nitrogens with one attached hydrogen (secondary N) is 1. The molecule has 0 aliphatic heterocycles. The van der Waals surface area contributed by atoms with Gasteiger partial charge in [-0.2, -0.15) is 0 Å². The molecule has 0 fully saturated rings. The maximum absolute atomic E-state index is 13.1. The van der Waals surface area contributed by atoms with Crippen molar-refractivity contribution in [3.63, 3.8) is 0 Å². The number of carbonyl (C=O) groups excluding carboxylic acids is 1. The molecule has 8 heteroatoms. The topological polar surface area (TPSA) is 73.1 Å². The zero-order valence-electron chi connectivity index (χ0n) is 12.1. The molecule has 23 heavy (non-hydrogen) atoms. The van der Waals surface area contributed by atoms with Gasteiger partial charge in [-0.15, -0.1) is 11.3 Å². The van der Waals surface area contributed by atoms with Crippen LogP contribution in [0.4, 0.5) is 10.1 Å². The quantitative estimate of drug-likeness (QED) is 0.790. The predicted octanol–water partition coefficient (Wildman–Crippen LogP) is 1.54. The van der Waals surface area contributed by atoms with Gasteiger partial charge in [0.1, 0.15) is 17.1 Å². The molecule has 0 aliphatic rings. The summed E-state index contributed by atoms with van der Waals surface area (Å²) >= 11 is 1.21. The lowest BCUT2D eigenvalue weighted by Crippen LogP contribution is -2.39. The minimum atomic E-state index is -0.574. The van der Waals surface area contributed by atoms with Crippen molar-refractivity contribution in [2.45, 2.75) is 6.54 Å². The Morgan fingerprint density at radius 3 is 2.83 bits per heavy atom. The van der Waals surface area contributed by atoms with Crippen LogP contribution in [0.2, 0.25) is 0 Å². The lowest BCUT2D eigenvalue weighted by atomic mass is 10.3. The Kier molecular flexibility index (Phi) is 3.83. The van der Waals surface area contributed by atoms with Gasteiger partial charge in [-0.3, -0.25) is 18.7 Å². The van der Waals surface area contributed by atoms with E-state index in [1.54, 1.807) is 17.5 Å². The Bertz CT molecular complexity index is 1020. The summed E-state index contributed by atoms with van der Waals surface area (Å²) in [5.41, 5.74) is -0.246. The molecule has 0 aliphatic carbocycles. The number of benzene rings is 1. The zero-order chi connectivity index (χ0) is 16.6. The highest BCUT2D eigenvalue weighted by Gasteiger charge is 2.14. The Hall–Kier alpha value is -2.74. The standard InChI is InChI=1S/C15H12FN3O3S/c1-18-14(21)13-11(5-6-23-13)19(15(18)22)8-12(20)17-10-4-2-3-9(16)7-10/h2-7H,8H2,1H3,(H,17,20). The molecule has 1 amide bonds. The predicted molar refractivity (Wildman–Crippen MR) is 86.4 cm³/mol. The number of aromatic nitrogens is 2. The van der Waals surface area contributed by atoms with Gasteiger partial charge < -0.3 is 5.32 Å². The summed E-state index contributed by atoms with van der Waals surface area (Å²) in [4.78, 5) is 36.4. The van der Waals surface area contributed by atoms with Gasteiger partial charge in [0.05, 0.1) is 5.52 Å². The SMILES string of the molecule is Cn1c(=O)c2sccc2n(CC(=O)Nc2cccc(F)c2)c1=O. The fourth-order valence-corrected chi connectivity index (χ4v) is 3.13. The van der Waals surface area contributed by atoms with E-state index in [4.69, 9.17) is 0 Å². The van der Waals surface area contributed by atoms with Gasteiger partial charge in [0.2, 0.25) is 5.91 Å². The highest BCUT2D eigenvalue weighted by Crippen LogP contribution is 2.15. The number of amides is 1. The van der Waals surface area contributed by atoms with E-state index < -0.39 is 17.4 Å². The lowest BCUT2D eigenvalue weighted by Gasteiger charge is -2.10. The van der Waals surface area contributed by atoms with E-state index in [9.17, 15) is 18.8 Å². The molecule has 3 rings (SSSR count). The van der Waals surface area contributed by atoms with Crippen LogP contribution in [0.1, 0.15) is 0 Å². The molecular weight excluding hydrogens is 321 g/mol. The van der Waals surface area contributed by atoms with E-state index in [0.29, 0.717) is 15.9 Å². The third-order valence-electron chi connectivity index (χ3n) is 3.36. The third-order valence-corrected chi connectivity index (χ3v) is 4.25. The highest BCUT2D eigenvalue weighted by atomic mass is 32.1. The second-order valence-electron chi connectivity index (χ2n) is 4.93. The third kappa shape index (κ3) is 2.80. The summed E-state index contributed by atoms with van der Waals surface area (Å²) in [6, 6.07) is 7.09. The van der Waals surface area contributed by atoms with Crippen LogP contribution < -0.4 is 16.6 Å².